The van der Waals surface area contributed by atoms with Crippen molar-refractivity contribution in [3.05, 3.63) is 28.8 Å². The van der Waals surface area contributed by atoms with Gasteiger partial charge in [-0.1, -0.05) is 36.7 Å². The van der Waals surface area contributed by atoms with Gasteiger partial charge >= 0.3 is 0 Å². The summed E-state index contributed by atoms with van der Waals surface area (Å²) in [6.07, 6.45) is 3.79. The van der Waals surface area contributed by atoms with E-state index in [1.807, 2.05) is 6.07 Å². The maximum atomic E-state index is 5.88. The Morgan fingerprint density at radius 1 is 1.50 bits per heavy atom. The predicted octanol–water partition coefficient (Wildman–Crippen LogP) is 3.15. The lowest BCUT2D eigenvalue weighted by atomic mass is 10.2. The third-order valence-electron chi connectivity index (χ3n) is 2.69. The zero-order valence-corrected chi connectivity index (χ0v) is 10.5. The van der Waals surface area contributed by atoms with Gasteiger partial charge in [0.25, 0.3) is 0 Å². The van der Waals surface area contributed by atoms with E-state index in [9.17, 15) is 0 Å². The Morgan fingerprint density at radius 2 is 2.25 bits per heavy atom. The lowest BCUT2D eigenvalue weighted by molar-refractivity contribution is 0.302. The molecule has 1 aliphatic carbocycles. The second kappa shape index (κ2) is 5.02. The standard InChI is InChI=1S/C12H14ClNOS/c13-9-3-4-11(10(7-9)12(14)16)15-6-5-8-1-2-8/h3-4,7-8H,1-2,5-6H2,(H2,14,16). The summed E-state index contributed by atoms with van der Waals surface area (Å²) in [6, 6.07) is 5.36. The lowest BCUT2D eigenvalue weighted by Crippen LogP contribution is -2.12. The van der Waals surface area contributed by atoms with Crippen LogP contribution in [0.1, 0.15) is 24.8 Å². The number of halogens is 1. The molecule has 2 nitrogen and oxygen atoms in total. The van der Waals surface area contributed by atoms with Crippen molar-refractivity contribution in [2.45, 2.75) is 19.3 Å². The van der Waals surface area contributed by atoms with Crippen LogP contribution in [0.4, 0.5) is 0 Å². The van der Waals surface area contributed by atoms with Gasteiger partial charge in [-0.2, -0.15) is 0 Å². The normalized spacial score (nSPS) is 14.8. The first kappa shape index (κ1) is 11.7. The van der Waals surface area contributed by atoms with E-state index in [4.69, 9.17) is 34.3 Å². The van der Waals surface area contributed by atoms with Crippen LogP contribution in [0.2, 0.25) is 5.02 Å². The first-order chi connectivity index (χ1) is 7.66. The summed E-state index contributed by atoms with van der Waals surface area (Å²) < 4.78 is 5.68. The van der Waals surface area contributed by atoms with Crippen LogP contribution in [0.5, 0.6) is 5.75 Å². The van der Waals surface area contributed by atoms with Gasteiger partial charge < -0.3 is 10.5 Å². The smallest absolute Gasteiger partial charge is 0.129 e. The van der Waals surface area contributed by atoms with Crippen molar-refractivity contribution in [3.63, 3.8) is 0 Å². The molecule has 0 amide bonds. The maximum Gasteiger partial charge on any atom is 0.129 e. The molecule has 2 N–H and O–H groups in total. The number of nitrogens with two attached hydrogens (primary N) is 1. The van der Waals surface area contributed by atoms with Crippen molar-refractivity contribution in [2.75, 3.05) is 6.61 Å². The van der Waals surface area contributed by atoms with Crippen LogP contribution in [0.15, 0.2) is 18.2 Å². The molecule has 16 heavy (non-hydrogen) atoms. The molecule has 0 aliphatic heterocycles. The van der Waals surface area contributed by atoms with Crippen molar-refractivity contribution in [1.29, 1.82) is 0 Å². The van der Waals surface area contributed by atoms with E-state index in [0.29, 0.717) is 10.0 Å². The van der Waals surface area contributed by atoms with Crippen LogP contribution in [0.3, 0.4) is 0 Å². The first-order valence-electron chi connectivity index (χ1n) is 5.39. The molecule has 2 rings (SSSR count). The Bertz CT molecular complexity index is 404. The molecule has 1 aromatic carbocycles. The molecule has 0 saturated heterocycles. The zero-order chi connectivity index (χ0) is 11.5. The van der Waals surface area contributed by atoms with E-state index in [1.165, 1.54) is 12.8 Å². The van der Waals surface area contributed by atoms with Gasteiger partial charge in [0.05, 0.1) is 12.2 Å². The van der Waals surface area contributed by atoms with Crippen LogP contribution in [0.25, 0.3) is 0 Å². The predicted molar refractivity (Wildman–Crippen MR) is 70.2 cm³/mol. The number of thiocarbonyl (C=S) groups is 1. The Morgan fingerprint density at radius 3 is 2.88 bits per heavy atom. The average Bonchev–Trinajstić information content (AvgIpc) is 3.04. The minimum Gasteiger partial charge on any atom is -0.493 e. The van der Waals surface area contributed by atoms with Crippen molar-refractivity contribution < 1.29 is 4.74 Å². The van der Waals surface area contributed by atoms with E-state index in [2.05, 4.69) is 0 Å². The monoisotopic (exact) mass is 255 g/mol. The number of hydrogen-bond acceptors (Lipinski definition) is 2. The van der Waals surface area contributed by atoms with E-state index in [0.717, 1.165) is 30.3 Å². The summed E-state index contributed by atoms with van der Waals surface area (Å²) in [6.45, 7) is 0.724. The maximum absolute atomic E-state index is 5.88. The van der Waals surface area contributed by atoms with Crippen LogP contribution in [-0.2, 0) is 0 Å². The van der Waals surface area contributed by atoms with Crippen LogP contribution in [-0.4, -0.2) is 11.6 Å². The van der Waals surface area contributed by atoms with Gasteiger partial charge in [-0.25, -0.2) is 0 Å². The molecule has 86 valence electrons. The molecule has 0 unspecified atom stereocenters. The van der Waals surface area contributed by atoms with Crippen LogP contribution >= 0.6 is 23.8 Å². The average molecular weight is 256 g/mol. The van der Waals surface area contributed by atoms with Crippen molar-refractivity contribution in [3.8, 4) is 5.75 Å². The fraction of sp³-hybridized carbons (Fsp3) is 0.417. The molecular formula is C12H14ClNOS. The highest BCUT2D eigenvalue weighted by atomic mass is 35.5. The summed E-state index contributed by atoms with van der Waals surface area (Å²) in [4.78, 5) is 0.323. The van der Waals surface area contributed by atoms with Gasteiger partial charge in [-0.05, 0) is 30.5 Å². The Balaban J connectivity index is 2.02. The van der Waals surface area contributed by atoms with Crippen molar-refractivity contribution in [2.24, 2.45) is 11.7 Å². The van der Waals surface area contributed by atoms with E-state index < -0.39 is 0 Å². The molecule has 1 aromatic rings. The zero-order valence-electron chi connectivity index (χ0n) is 8.91. The molecule has 4 heteroatoms. The number of ether oxygens (including phenoxy) is 1. The quantitative estimate of drug-likeness (QED) is 0.821. The summed E-state index contributed by atoms with van der Waals surface area (Å²) in [5, 5.41) is 0.623. The highest BCUT2D eigenvalue weighted by molar-refractivity contribution is 7.80. The van der Waals surface area contributed by atoms with E-state index >= 15 is 0 Å². The minimum atomic E-state index is 0.323. The van der Waals surface area contributed by atoms with Gasteiger partial charge in [0.2, 0.25) is 0 Å². The first-order valence-corrected chi connectivity index (χ1v) is 6.17. The number of hydrogen-bond donors (Lipinski definition) is 1. The topological polar surface area (TPSA) is 35.2 Å². The lowest BCUT2D eigenvalue weighted by Gasteiger charge is -2.10. The molecular weight excluding hydrogens is 242 g/mol. The molecule has 0 radical (unpaired) electrons. The molecule has 0 spiro atoms. The number of benzene rings is 1. The minimum absolute atomic E-state index is 0.323. The van der Waals surface area contributed by atoms with Crippen molar-refractivity contribution >= 4 is 28.8 Å². The van der Waals surface area contributed by atoms with Crippen molar-refractivity contribution in [1.82, 2.24) is 0 Å². The van der Waals surface area contributed by atoms with E-state index in [-0.39, 0.29) is 0 Å². The second-order valence-corrected chi connectivity index (χ2v) is 4.96. The fourth-order valence-corrected chi connectivity index (χ4v) is 1.89. The summed E-state index contributed by atoms with van der Waals surface area (Å²) in [7, 11) is 0. The van der Waals surface area contributed by atoms with Gasteiger partial charge in [0, 0.05) is 5.02 Å². The summed E-state index contributed by atoms with van der Waals surface area (Å²) >= 11 is 10.8. The SMILES string of the molecule is NC(=S)c1cc(Cl)ccc1OCCC1CC1. The van der Waals surface area contributed by atoms with E-state index in [1.54, 1.807) is 12.1 Å². The highest BCUT2D eigenvalue weighted by Gasteiger charge is 2.21. The third kappa shape index (κ3) is 3.09. The molecule has 0 atom stereocenters. The Hall–Kier alpha value is -0.800. The van der Waals surface area contributed by atoms with Gasteiger partial charge in [0.1, 0.15) is 10.7 Å². The molecule has 0 heterocycles. The molecule has 1 aliphatic rings. The highest BCUT2D eigenvalue weighted by Crippen LogP contribution is 2.32. The molecule has 1 fully saturated rings. The molecule has 0 bridgehead atoms. The largest absolute Gasteiger partial charge is 0.493 e. The molecule has 0 aromatic heterocycles. The fourth-order valence-electron chi connectivity index (χ4n) is 1.56. The van der Waals surface area contributed by atoms with Crippen LogP contribution < -0.4 is 10.5 Å². The Labute approximate surface area is 106 Å². The molecule has 1 saturated carbocycles. The van der Waals surface area contributed by atoms with Gasteiger partial charge in [-0.15, -0.1) is 0 Å². The number of rotatable bonds is 5. The third-order valence-corrected chi connectivity index (χ3v) is 3.14. The summed E-state index contributed by atoms with van der Waals surface area (Å²) in [5.41, 5.74) is 6.34. The second-order valence-electron chi connectivity index (χ2n) is 4.09. The van der Waals surface area contributed by atoms with Crippen LogP contribution in [0, 0.1) is 5.92 Å². The summed E-state index contributed by atoms with van der Waals surface area (Å²) in [5.74, 6) is 1.60. The Kier molecular flexibility index (Phi) is 3.66. The van der Waals surface area contributed by atoms with Gasteiger partial charge in [0.15, 0.2) is 0 Å². The van der Waals surface area contributed by atoms with Gasteiger partial charge in [-0.3, -0.25) is 0 Å².